The molecule has 0 aromatic rings. The Morgan fingerprint density at radius 3 is 1.03 bits per heavy atom. The molecule has 0 amide bonds. The van der Waals surface area contributed by atoms with E-state index in [1.807, 2.05) is 0 Å². The Hall–Kier alpha value is -1.10. The van der Waals surface area contributed by atoms with Crippen molar-refractivity contribution in [2.75, 3.05) is 0 Å². The Labute approximate surface area is 191 Å². The van der Waals surface area contributed by atoms with Crippen LogP contribution in [0.5, 0.6) is 0 Å². The van der Waals surface area contributed by atoms with Gasteiger partial charge >= 0.3 is 11.9 Å². The lowest BCUT2D eigenvalue weighted by atomic mass is 10.0. The number of aliphatic carboxylic acids is 2. The van der Waals surface area contributed by atoms with E-state index in [2.05, 4.69) is 19.2 Å². The van der Waals surface area contributed by atoms with Gasteiger partial charge in [-0.2, -0.15) is 0 Å². The molecule has 0 heterocycles. The molecule has 0 radical (unpaired) electrons. The highest BCUT2D eigenvalue weighted by Crippen LogP contribution is 2.14. The molecule has 5 nitrogen and oxygen atoms in total. The van der Waals surface area contributed by atoms with Crippen LogP contribution in [0.2, 0.25) is 0 Å². The minimum Gasteiger partial charge on any atom is -0.480 e. The molecule has 0 aliphatic rings. The van der Waals surface area contributed by atoms with E-state index in [1.54, 1.807) is 0 Å². The number of carboxylic acid groups (broad SMARTS) is 2. The van der Waals surface area contributed by atoms with Gasteiger partial charge in [0.05, 0.1) is 0 Å². The standard InChI is InChI=1S/C26H51NO4/c1-3-5-7-9-11-13-15-17-19-21-23(25(28)29)27-24(26(30)31)22-20-18-16-14-12-10-8-6-4-2/h23-24,27H,3-22H2,1-2H3,(H,28,29)(H,30,31). The van der Waals surface area contributed by atoms with Gasteiger partial charge in [-0.15, -0.1) is 0 Å². The summed E-state index contributed by atoms with van der Waals surface area (Å²) in [4.78, 5) is 23.2. The molecule has 31 heavy (non-hydrogen) atoms. The number of rotatable bonds is 24. The Bertz CT molecular complexity index is 390. The van der Waals surface area contributed by atoms with E-state index in [0.717, 1.165) is 38.5 Å². The van der Waals surface area contributed by atoms with Crippen molar-refractivity contribution in [3.63, 3.8) is 0 Å². The summed E-state index contributed by atoms with van der Waals surface area (Å²) in [5, 5.41) is 21.9. The largest absolute Gasteiger partial charge is 0.480 e. The van der Waals surface area contributed by atoms with E-state index in [1.165, 1.54) is 77.0 Å². The molecule has 0 saturated carbocycles. The zero-order valence-electron chi connectivity index (χ0n) is 20.5. The van der Waals surface area contributed by atoms with Gasteiger partial charge in [-0.1, -0.05) is 129 Å². The first-order chi connectivity index (χ1) is 15.0. The second-order valence-corrected chi connectivity index (χ2v) is 9.18. The van der Waals surface area contributed by atoms with Gasteiger partial charge in [-0.25, -0.2) is 0 Å². The highest BCUT2D eigenvalue weighted by Gasteiger charge is 2.25. The van der Waals surface area contributed by atoms with Crippen LogP contribution in [-0.4, -0.2) is 34.2 Å². The summed E-state index contributed by atoms with van der Waals surface area (Å²) in [6.07, 6.45) is 22.4. The van der Waals surface area contributed by atoms with Crippen LogP contribution < -0.4 is 5.32 Å². The normalized spacial score (nSPS) is 13.2. The minimum absolute atomic E-state index is 0.507. The van der Waals surface area contributed by atoms with E-state index in [0.29, 0.717) is 12.8 Å². The van der Waals surface area contributed by atoms with Gasteiger partial charge in [0.25, 0.3) is 0 Å². The molecular formula is C26H51NO4. The molecule has 0 aromatic carbocycles. The maximum absolute atomic E-state index is 11.6. The van der Waals surface area contributed by atoms with Crippen LogP contribution in [0.4, 0.5) is 0 Å². The summed E-state index contributed by atoms with van der Waals surface area (Å²) in [6.45, 7) is 4.44. The van der Waals surface area contributed by atoms with Crippen molar-refractivity contribution in [2.45, 2.75) is 154 Å². The molecule has 5 heteroatoms. The highest BCUT2D eigenvalue weighted by molar-refractivity contribution is 5.77. The molecule has 3 N–H and O–H groups in total. The number of hydrogen-bond donors (Lipinski definition) is 3. The minimum atomic E-state index is -0.933. The molecule has 2 atom stereocenters. The molecule has 0 fully saturated rings. The Morgan fingerprint density at radius 2 is 0.774 bits per heavy atom. The van der Waals surface area contributed by atoms with Gasteiger partial charge in [0.1, 0.15) is 12.1 Å². The van der Waals surface area contributed by atoms with Crippen LogP contribution in [-0.2, 0) is 9.59 Å². The van der Waals surface area contributed by atoms with Gasteiger partial charge < -0.3 is 10.2 Å². The van der Waals surface area contributed by atoms with Gasteiger partial charge in [-0.3, -0.25) is 14.9 Å². The van der Waals surface area contributed by atoms with Crippen LogP contribution in [0.25, 0.3) is 0 Å². The maximum Gasteiger partial charge on any atom is 0.320 e. The zero-order chi connectivity index (χ0) is 23.2. The number of nitrogens with one attached hydrogen (secondary N) is 1. The van der Waals surface area contributed by atoms with Crippen LogP contribution >= 0.6 is 0 Å². The fourth-order valence-electron chi connectivity index (χ4n) is 4.12. The predicted octanol–water partition coefficient (Wildman–Crippen LogP) is 7.32. The molecule has 0 rings (SSSR count). The number of carboxylic acids is 2. The lowest BCUT2D eigenvalue weighted by molar-refractivity contribution is -0.142. The number of carbonyl (C=O) groups is 2. The van der Waals surface area contributed by atoms with Gasteiger partial charge in [0.2, 0.25) is 0 Å². The monoisotopic (exact) mass is 441 g/mol. The van der Waals surface area contributed by atoms with Crippen molar-refractivity contribution in [1.29, 1.82) is 0 Å². The predicted molar refractivity (Wildman–Crippen MR) is 130 cm³/mol. The van der Waals surface area contributed by atoms with Crippen molar-refractivity contribution in [3.05, 3.63) is 0 Å². The second kappa shape index (κ2) is 22.1. The first-order valence-corrected chi connectivity index (χ1v) is 13.2. The topological polar surface area (TPSA) is 86.6 Å². The summed E-state index contributed by atoms with van der Waals surface area (Å²) in [7, 11) is 0. The summed E-state index contributed by atoms with van der Waals surface area (Å²) < 4.78 is 0. The van der Waals surface area contributed by atoms with Crippen LogP contribution in [0.3, 0.4) is 0 Å². The lowest BCUT2D eigenvalue weighted by Crippen LogP contribution is -2.47. The van der Waals surface area contributed by atoms with Gasteiger partial charge in [0, 0.05) is 0 Å². The van der Waals surface area contributed by atoms with Crippen LogP contribution in [0.15, 0.2) is 0 Å². The van der Waals surface area contributed by atoms with Crippen molar-refractivity contribution >= 4 is 11.9 Å². The average Bonchev–Trinajstić information content (AvgIpc) is 2.74. The average molecular weight is 442 g/mol. The number of unbranched alkanes of at least 4 members (excludes halogenated alkanes) is 16. The quantitative estimate of drug-likeness (QED) is 0.137. The zero-order valence-corrected chi connectivity index (χ0v) is 20.5. The maximum atomic E-state index is 11.6. The molecule has 2 unspecified atom stereocenters. The smallest absolute Gasteiger partial charge is 0.320 e. The van der Waals surface area contributed by atoms with Crippen LogP contribution in [0.1, 0.15) is 142 Å². The van der Waals surface area contributed by atoms with E-state index in [-0.39, 0.29) is 0 Å². The van der Waals surface area contributed by atoms with Crippen molar-refractivity contribution in [3.8, 4) is 0 Å². The van der Waals surface area contributed by atoms with Crippen molar-refractivity contribution in [2.24, 2.45) is 0 Å². The molecule has 0 spiro atoms. The molecule has 0 bridgehead atoms. The molecule has 184 valence electrons. The number of hydrogen-bond acceptors (Lipinski definition) is 3. The Morgan fingerprint density at radius 1 is 0.516 bits per heavy atom. The fourth-order valence-corrected chi connectivity index (χ4v) is 4.12. The summed E-state index contributed by atoms with van der Waals surface area (Å²) in [6, 6.07) is -1.52. The molecule has 0 aliphatic heterocycles. The Balaban J connectivity index is 3.97. The van der Waals surface area contributed by atoms with E-state index < -0.39 is 24.0 Å². The van der Waals surface area contributed by atoms with Crippen molar-refractivity contribution in [1.82, 2.24) is 5.32 Å². The fraction of sp³-hybridized carbons (Fsp3) is 0.923. The third-order valence-electron chi connectivity index (χ3n) is 6.19. The molecule has 0 aromatic heterocycles. The third kappa shape index (κ3) is 19.3. The van der Waals surface area contributed by atoms with Gasteiger partial charge in [-0.05, 0) is 12.8 Å². The first kappa shape index (κ1) is 29.9. The van der Waals surface area contributed by atoms with Crippen molar-refractivity contribution < 1.29 is 19.8 Å². The summed E-state index contributed by atoms with van der Waals surface area (Å²) in [5.41, 5.74) is 0. The van der Waals surface area contributed by atoms with Crippen LogP contribution in [0, 0.1) is 0 Å². The summed E-state index contributed by atoms with van der Waals surface area (Å²) >= 11 is 0. The third-order valence-corrected chi connectivity index (χ3v) is 6.19. The van der Waals surface area contributed by atoms with Gasteiger partial charge in [0.15, 0.2) is 0 Å². The van der Waals surface area contributed by atoms with E-state index in [4.69, 9.17) is 0 Å². The first-order valence-electron chi connectivity index (χ1n) is 13.2. The van der Waals surface area contributed by atoms with E-state index >= 15 is 0 Å². The lowest BCUT2D eigenvalue weighted by Gasteiger charge is -2.20. The molecular weight excluding hydrogens is 390 g/mol. The molecule has 0 aliphatic carbocycles. The highest BCUT2D eigenvalue weighted by atomic mass is 16.4. The molecule has 0 saturated heterocycles. The Kier molecular flexibility index (Phi) is 21.3. The SMILES string of the molecule is CCCCCCCCCCCC(NC(CCCCCCCCCCC)C(=O)O)C(=O)O. The summed E-state index contributed by atoms with van der Waals surface area (Å²) in [5.74, 6) is -1.87. The van der Waals surface area contributed by atoms with E-state index in [9.17, 15) is 19.8 Å². The second-order valence-electron chi connectivity index (χ2n) is 9.18.